The topological polar surface area (TPSA) is 38.1 Å². The van der Waals surface area contributed by atoms with E-state index in [1.807, 2.05) is 6.92 Å². The van der Waals surface area contributed by atoms with Crippen molar-refractivity contribution in [2.45, 2.75) is 13.5 Å². The van der Waals surface area contributed by atoms with Crippen LogP contribution in [-0.4, -0.2) is 34.7 Å². The van der Waals surface area contributed by atoms with Crippen molar-refractivity contribution in [3.05, 3.63) is 18.0 Å². The lowest BCUT2D eigenvalue weighted by Gasteiger charge is -2.09. The zero-order valence-corrected chi connectivity index (χ0v) is 7.53. The number of hydrogen-bond acceptors (Lipinski definition) is 2. The average Bonchev–Trinajstić information content (AvgIpc) is 2.35. The summed E-state index contributed by atoms with van der Waals surface area (Å²) in [6.45, 7) is 2.13. The lowest BCUT2D eigenvalue weighted by molar-refractivity contribution is -0.129. The zero-order chi connectivity index (χ0) is 9.14. The predicted molar refractivity (Wildman–Crippen MR) is 44.5 cm³/mol. The number of hydrogen-bond donors (Lipinski definition) is 0. The van der Waals surface area contributed by atoms with E-state index in [2.05, 4.69) is 11.2 Å². The molecule has 0 aliphatic rings. The van der Waals surface area contributed by atoms with Crippen LogP contribution < -0.4 is 0 Å². The third-order valence-electron chi connectivity index (χ3n) is 1.50. The second kappa shape index (κ2) is 3.38. The minimum Gasteiger partial charge on any atom is -0.347 e. The first-order valence-corrected chi connectivity index (χ1v) is 3.71. The summed E-state index contributed by atoms with van der Waals surface area (Å²) in [5.41, 5.74) is 0.807. The van der Waals surface area contributed by atoms with Gasteiger partial charge in [0.1, 0.15) is 6.54 Å². The van der Waals surface area contributed by atoms with Crippen LogP contribution >= 0.6 is 0 Å². The largest absolute Gasteiger partial charge is 0.347 e. The second-order valence-electron chi connectivity index (χ2n) is 2.84. The Morgan fingerprint density at radius 3 is 2.83 bits per heavy atom. The van der Waals surface area contributed by atoms with E-state index >= 15 is 0 Å². The second-order valence-corrected chi connectivity index (χ2v) is 2.84. The van der Waals surface area contributed by atoms with E-state index in [0.29, 0.717) is 0 Å². The third-order valence-corrected chi connectivity index (χ3v) is 1.50. The Labute approximate surface area is 71.8 Å². The monoisotopic (exact) mass is 166 g/mol. The Morgan fingerprint density at radius 2 is 2.42 bits per heavy atom. The van der Waals surface area contributed by atoms with Crippen LogP contribution in [-0.2, 0) is 11.3 Å². The van der Waals surface area contributed by atoms with Crippen LogP contribution in [0.5, 0.6) is 0 Å². The molecule has 4 nitrogen and oxygen atoms in total. The molecule has 4 heteroatoms. The molecule has 0 bridgehead atoms. The molecule has 65 valence electrons. The van der Waals surface area contributed by atoms with Gasteiger partial charge in [-0.05, 0) is 6.92 Å². The van der Waals surface area contributed by atoms with E-state index < -0.39 is 0 Å². The van der Waals surface area contributed by atoms with E-state index in [1.165, 1.54) is 4.90 Å². The van der Waals surface area contributed by atoms with E-state index in [9.17, 15) is 4.79 Å². The van der Waals surface area contributed by atoms with Crippen LogP contribution in [0.1, 0.15) is 5.69 Å². The normalized spacial score (nSPS) is 9.92. The highest BCUT2D eigenvalue weighted by atomic mass is 16.2. The van der Waals surface area contributed by atoms with Crippen molar-refractivity contribution in [1.29, 1.82) is 0 Å². The Hall–Kier alpha value is -1.32. The highest BCUT2D eigenvalue weighted by Gasteiger charge is 2.04. The Kier molecular flexibility index (Phi) is 2.47. The van der Waals surface area contributed by atoms with Crippen LogP contribution in [0.3, 0.4) is 0 Å². The molecule has 0 N–H and O–H groups in total. The summed E-state index contributed by atoms with van der Waals surface area (Å²) in [6, 6.07) is 2.89. The molecule has 12 heavy (non-hydrogen) atoms. The van der Waals surface area contributed by atoms with Crippen molar-refractivity contribution in [3.63, 3.8) is 0 Å². The number of rotatable bonds is 2. The standard InChI is InChI=1S/C8H12N3O/c1-7-4-5-11(9-7)6-8(12)10(2)3/h5H,6H2,1-3H3. The molecule has 1 heterocycles. The molecule has 0 aromatic carbocycles. The van der Waals surface area contributed by atoms with Crippen molar-refractivity contribution in [1.82, 2.24) is 14.7 Å². The van der Waals surface area contributed by atoms with Crippen molar-refractivity contribution in [2.24, 2.45) is 0 Å². The van der Waals surface area contributed by atoms with Crippen LogP contribution in [0.25, 0.3) is 0 Å². The van der Waals surface area contributed by atoms with Gasteiger partial charge in [0.2, 0.25) is 5.91 Å². The number of aromatic nitrogens is 2. The van der Waals surface area contributed by atoms with Crippen molar-refractivity contribution in [2.75, 3.05) is 14.1 Å². The Morgan fingerprint density at radius 1 is 1.75 bits per heavy atom. The number of carbonyl (C=O) groups is 1. The highest BCUT2D eigenvalue weighted by molar-refractivity contribution is 5.75. The van der Waals surface area contributed by atoms with Crippen LogP contribution in [0.15, 0.2) is 6.20 Å². The molecule has 1 radical (unpaired) electrons. The Bertz CT molecular complexity index is 278. The van der Waals surface area contributed by atoms with Gasteiger partial charge in [-0.2, -0.15) is 5.10 Å². The van der Waals surface area contributed by atoms with Gasteiger partial charge < -0.3 is 4.90 Å². The van der Waals surface area contributed by atoms with Crippen LogP contribution in [0.4, 0.5) is 0 Å². The molecule has 1 aromatic heterocycles. The smallest absolute Gasteiger partial charge is 0.243 e. The van der Waals surface area contributed by atoms with Crippen LogP contribution in [0.2, 0.25) is 0 Å². The van der Waals surface area contributed by atoms with Gasteiger partial charge >= 0.3 is 0 Å². The maximum Gasteiger partial charge on any atom is 0.243 e. The van der Waals surface area contributed by atoms with Gasteiger partial charge in [0.25, 0.3) is 0 Å². The van der Waals surface area contributed by atoms with Crippen molar-refractivity contribution in [3.8, 4) is 0 Å². The molecule has 0 spiro atoms. The van der Waals surface area contributed by atoms with Gasteiger partial charge in [-0.25, -0.2) is 0 Å². The fraction of sp³-hybridized carbons (Fsp3) is 0.500. The number of nitrogens with zero attached hydrogens (tertiary/aromatic N) is 3. The summed E-state index contributed by atoms with van der Waals surface area (Å²) in [6.07, 6.45) is 1.68. The predicted octanol–water partition coefficient (Wildman–Crippen LogP) is 0.0799. The lowest BCUT2D eigenvalue weighted by Crippen LogP contribution is -2.26. The molecule has 0 saturated heterocycles. The van der Waals surface area contributed by atoms with E-state index in [-0.39, 0.29) is 12.5 Å². The highest BCUT2D eigenvalue weighted by Crippen LogP contribution is 1.92. The summed E-state index contributed by atoms with van der Waals surface area (Å²) in [4.78, 5) is 12.7. The quantitative estimate of drug-likeness (QED) is 0.624. The summed E-state index contributed by atoms with van der Waals surface area (Å²) in [5, 5.41) is 4.05. The molecule has 1 amide bonds. The maximum absolute atomic E-state index is 11.2. The first kappa shape index (κ1) is 8.77. The van der Waals surface area contributed by atoms with Gasteiger partial charge in [-0.1, -0.05) is 0 Å². The van der Waals surface area contributed by atoms with E-state index in [1.54, 1.807) is 25.0 Å². The van der Waals surface area contributed by atoms with Gasteiger partial charge in [0.15, 0.2) is 0 Å². The minimum atomic E-state index is 0.0338. The number of amides is 1. The van der Waals surface area contributed by atoms with Gasteiger partial charge in [-0.15, -0.1) is 0 Å². The first-order chi connectivity index (χ1) is 5.59. The van der Waals surface area contributed by atoms with Gasteiger partial charge in [0, 0.05) is 26.4 Å². The Balaban J connectivity index is 2.58. The van der Waals surface area contributed by atoms with Crippen molar-refractivity contribution >= 4 is 5.91 Å². The molecule has 1 rings (SSSR count). The molecule has 0 aliphatic heterocycles. The van der Waals surface area contributed by atoms with E-state index in [0.717, 1.165) is 5.69 Å². The molecular weight excluding hydrogens is 154 g/mol. The SMILES string of the molecule is Cc1[c]cn(CC(=O)N(C)C)n1. The number of aryl methyl sites for hydroxylation is 1. The molecule has 0 atom stereocenters. The molecular formula is C8H12N3O. The maximum atomic E-state index is 11.2. The van der Waals surface area contributed by atoms with Crippen molar-refractivity contribution < 1.29 is 4.79 Å². The third kappa shape index (κ3) is 2.08. The molecule has 0 fully saturated rings. The summed E-state index contributed by atoms with van der Waals surface area (Å²) in [5.74, 6) is 0.0338. The number of likely N-dealkylation sites (N-methyl/N-ethyl adjacent to an activating group) is 1. The first-order valence-electron chi connectivity index (χ1n) is 3.71. The fourth-order valence-electron chi connectivity index (χ4n) is 0.779. The lowest BCUT2D eigenvalue weighted by atomic mass is 10.5. The van der Waals surface area contributed by atoms with Gasteiger partial charge in [-0.3, -0.25) is 9.48 Å². The summed E-state index contributed by atoms with van der Waals surface area (Å²) in [7, 11) is 3.45. The zero-order valence-electron chi connectivity index (χ0n) is 7.53. The summed E-state index contributed by atoms with van der Waals surface area (Å²) >= 11 is 0. The number of carbonyl (C=O) groups excluding carboxylic acids is 1. The van der Waals surface area contributed by atoms with Gasteiger partial charge in [0.05, 0.1) is 5.69 Å². The van der Waals surface area contributed by atoms with E-state index in [4.69, 9.17) is 0 Å². The molecule has 0 aliphatic carbocycles. The molecule has 0 saturated carbocycles. The molecule has 1 aromatic rings. The fourth-order valence-corrected chi connectivity index (χ4v) is 0.779. The molecule has 0 unspecified atom stereocenters. The average molecular weight is 166 g/mol. The van der Waals surface area contributed by atoms with Crippen LogP contribution in [0, 0.1) is 13.0 Å². The summed E-state index contributed by atoms with van der Waals surface area (Å²) < 4.78 is 1.58. The minimum absolute atomic E-state index is 0.0338.